The molecule has 2 aromatic carbocycles. The highest BCUT2D eigenvalue weighted by molar-refractivity contribution is 6.36. The van der Waals surface area contributed by atoms with Crippen LogP contribution in [-0.2, 0) is 6.54 Å². The summed E-state index contributed by atoms with van der Waals surface area (Å²) in [5.74, 6) is 0.514. The molecule has 0 radical (unpaired) electrons. The second kappa shape index (κ2) is 4.57. The summed E-state index contributed by atoms with van der Waals surface area (Å²) in [6, 6.07) is 15.7. The number of amidine groups is 1. The summed E-state index contributed by atoms with van der Waals surface area (Å²) < 4.78 is 0. The Morgan fingerprint density at radius 2 is 1.90 bits per heavy atom. The number of anilines is 1. The van der Waals surface area contributed by atoms with Crippen molar-refractivity contribution < 1.29 is 0 Å². The van der Waals surface area contributed by atoms with E-state index in [1.54, 1.807) is 6.20 Å². The SMILES string of the molecule is N=C1c2ccccc2CN1c1ccc(Cl)c2cccnc12. The van der Waals surface area contributed by atoms with E-state index < -0.39 is 0 Å². The van der Waals surface area contributed by atoms with Crippen molar-refractivity contribution in [1.29, 1.82) is 5.41 Å². The molecule has 102 valence electrons. The van der Waals surface area contributed by atoms with Crippen LogP contribution in [-0.4, -0.2) is 10.8 Å². The van der Waals surface area contributed by atoms with Gasteiger partial charge >= 0.3 is 0 Å². The number of benzene rings is 2. The molecule has 0 aliphatic carbocycles. The Hall–Kier alpha value is -2.39. The van der Waals surface area contributed by atoms with Crippen LogP contribution in [0.3, 0.4) is 0 Å². The van der Waals surface area contributed by atoms with E-state index in [1.165, 1.54) is 5.56 Å². The summed E-state index contributed by atoms with van der Waals surface area (Å²) in [4.78, 5) is 6.44. The van der Waals surface area contributed by atoms with Crippen LogP contribution in [0.2, 0.25) is 5.02 Å². The van der Waals surface area contributed by atoms with Crippen LogP contribution < -0.4 is 4.90 Å². The van der Waals surface area contributed by atoms with Crippen molar-refractivity contribution in [2.24, 2.45) is 0 Å². The first-order valence-electron chi connectivity index (χ1n) is 6.73. The fourth-order valence-corrected chi connectivity index (χ4v) is 3.05. The standard InChI is InChI=1S/C17H12ClN3/c18-14-7-8-15(16-13(14)6-3-9-20-16)21-10-11-4-1-2-5-12(11)17(21)19/h1-9,19H,10H2. The van der Waals surface area contributed by atoms with Gasteiger partial charge in [0.2, 0.25) is 0 Å². The van der Waals surface area contributed by atoms with Crippen molar-refractivity contribution in [3.8, 4) is 0 Å². The van der Waals surface area contributed by atoms with Gasteiger partial charge in [-0.05, 0) is 29.8 Å². The molecule has 4 rings (SSSR count). The second-order valence-electron chi connectivity index (χ2n) is 5.06. The van der Waals surface area contributed by atoms with Crippen molar-refractivity contribution in [3.63, 3.8) is 0 Å². The van der Waals surface area contributed by atoms with E-state index in [0.717, 1.165) is 22.2 Å². The predicted molar refractivity (Wildman–Crippen MR) is 86.2 cm³/mol. The van der Waals surface area contributed by atoms with Gasteiger partial charge in [-0.2, -0.15) is 0 Å². The zero-order valence-corrected chi connectivity index (χ0v) is 11.9. The molecule has 4 heteroatoms. The Morgan fingerprint density at radius 3 is 2.76 bits per heavy atom. The lowest BCUT2D eigenvalue weighted by Gasteiger charge is -2.20. The van der Waals surface area contributed by atoms with Gasteiger partial charge in [-0.3, -0.25) is 10.4 Å². The maximum atomic E-state index is 8.42. The molecule has 21 heavy (non-hydrogen) atoms. The Morgan fingerprint density at radius 1 is 1.05 bits per heavy atom. The molecule has 0 saturated heterocycles. The highest BCUT2D eigenvalue weighted by Gasteiger charge is 2.26. The van der Waals surface area contributed by atoms with E-state index in [1.807, 2.05) is 47.4 Å². The summed E-state index contributed by atoms with van der Waals surface area (Å²) in [6.07, 6.45) is 1.76. The second-order valence-corrected chi connectivity index (χ2v) is 5.47. The first kappa shape index (κ1) is 12.4. The number of hydrogen-bond donors (Lipinski definition) is 1. The number of fused-ring (bicyclic) bond motifs is 2. The van der Waals surface area contributed by atoms with E-state index >= 15 is 0 Å². The van der Waals surface area contributed by atoms with Gasteiger partial charge in [0.15, 0.2) is 0 Å². The molecule has 1 aliphatic heterocycles. The van der Waals surface area contributed by atoms with Crippen molar-refractivity contribution in [3.05, 3.63) is 70.9 Å². The number of nitrogens with zero attached hydrogens (tertiary/aromatic N) is 2. The summed E-state index contributed by atoms with van der Waals surface area (Å²) in [5, 5.41) is 10.0. The van der Waals surface area contributed by atoms with Crippen LogP contribution in [0.15, 0.2) is 54.7 Å². The summed E-state index contributed by atoms with van der Waals surface area (Å²) in [6.45, 7) is 0.697. The Bertz CT molecular complexity index is 873. The first-order valence-corrected chi connectivity index (χ1v) is 7.11. The average Bonchev–Trinajstić information content (AvgIpc) is 2.86. The number of halogens is 1. The van der Waals surface area contributed by atoms with Gasteiger partial charge in [-0.15, -0.1) is 0 Å². The van der Waals surface area contributed by atoms with Crippen LogP contribution in [0.1, 0.15) is 11.1 Å². The van der Waals surface area contributed by atoms with Gasteiger partial charge in [-0.25, -0.2) is 0 Å². The maximum Gasteiger partial charge on any atom is 0.133 e. The molecular formula is C17H12ClN3. The number of pyridine rings is 1. The van der Waals surface area contributed by atoms with Gasteiger partial charge in [0, 0.05) is 17.1 Å². The van der Waals surface area contributed by atoms with Crippen LogP contribution >= 0.6 is 11.6 Å². The fraction of sp³-hybridized carbons (Fsp3) is 0.0588. The topological polar surface area (TPSA) is 40.0 Å². The molecule has 0 bridgehead atoms. The summed E-state index contributed by atoms with van der Waals surface area (Å²) >= 11 is 6.25. The summed E-state index contributed by atoms with van der Waals surface area (Å²) in [5.41, 5.74) is 3.91. The number of aromatic nitrogens is 1. The zero-order chi connectivity index (χ0) is 14.4. The fourth-order valence-electron chi connectivity index (χ4n) is 2.83. The first-order chi connectivity index (χ1) is 10.3. The smallest absolute Gasteiger partial charge is 0.133 e. The lowest BCUT2D eigenvalue weighted by molar-refractivity contribution is 1.05. The normalized spacial score (nSPS) is 13.8. The van der Waals surface area contributed by atoms with Crippen molar-refractivity contribution in [2.75, 3.05) is 4.90 Å². The summed E-state index contributed by atoms with van der Waals surface area (Å²) in [7, 11) is 0. The molecule has 0 unspecified atom stereocenters. The van der Waals surface area contributed by atoms with Crippen LogP contribution in [0.4, 0.5) is 5.69 Å². The van der Waals surface area contributed by atoms with Crippen LogP contribution in [0, 0.1) is 5.41 Å². The molecule has 0 fully saturated rings. The quantitative estimate of drug-likeness (QED) is 0.729. The van der Waals surface area contributed by atoms with Crippen LogP contribution in [0.5, 0.6) is 0 Å². The third-order valence-corrected chi connectivity index (χ3v) is 4.19. The Labute approximate surface area is 127 Å². The minimum absolute atomic E-state index is 0.514. The third kappa shape index (κ3) is 1.82. The number of hydrogen-bond acceptors (Lipinski definition) is 2. The zero-order valence-electron chi connectivity index (χ0n) is 11.2. The molecular weight excluding hydrogens is 282 g/mol. The van der Waals surface area contributed by atoms with Gasteiger partial charge in [0.25, 0.3) is 0 Å². The van der Waals surface area contributed by atoms with E-state index in [0.29, 0.717) is 17.4 Å². The molecule has 1 aliphatic rings. The maximum absolute atomic E-state index is 8.42. The monoisotopic (exact) mass is 293 g/mol. The predicted octanol–water partition coefficient (Wildman–Crippen LogP) is 4.23. The van der Waals surface area contributed by atoms with E-state index in [4.69, 9.17) is 17.0 Å². The highest BCUT2D eigenvalue weighted by Crippen LogP contribution is 2.35. The molecule has 2 heterocycles. The molecule has 3 nitrogen and oxygen atoms in total. The van der Waals surface area contributed by atoms with Crippen molar-refractivity contribution in [2.45, 2.75) is 6.54 Å². The number of nitrogens with one attached hydrogen (secondary N) is 1. The van der Waals surface area contributed by atoms with Crippen LogP contribution in [0.25, 0.3) is 10.9 Å². The Balaban J connectivity index is 1.90. The molecule has 3 aromatic rings. The molecule has 0 spiro atoms. The minimum atomic E-state index is 0.514. The minimum Gasteiger partial charge on any atom is -0.320 e. The highest BCUT2D eigenvalue weighted by atomic mass is 35.5. The number of rotatable bonds is 1. The van der Waals surface area contributed by atoms with Crippen molar-refractivity contribution in [1.82, 2.24) is 4.98 Å². The molecule has 1 aromatic heterocycles. The molecule has 0 atom stereocenters. The molecule has 1 N–H and O–H groups in total. The Kier molecular flexibility index (Phi) is 2.69. The van der Waals surface area contributed by atoms with Crippen molar-refractivity contribution >= 4 is 34.0 Å². The lowest BCUT2D eigenvalue weighted by Crippen LogP contribution is -2.23. The van der Waals surface area contributed by atoms with Gasteiger partial charge in [0.1, 0.15) is 5.84 Å². The van der Waals surface area contributed by atoms with E-state index in [2.05, 4.69) is 11.1 Å². The molecule has 0 saturated carbocycles. The lowest BCUT2D eigenvalue weighted by atomic mass is 10.1. The van der Waals surface area contributed by atoms with E-state index in [-0.39, 0.29) is 0 Å². The molecule has 0 amide bonds. The van der Waals surface area contributed by atoms with Gasteiger partial charge < -0.3 is 4.90 Å². The van der Waals surface area contributed by atoms with Gasteiger partial charge in [-0.1, -0.05) is 35.9 Å². The van der Waals surface area contributed by atoms with Gasteiger partial charge in [0.05, 0.1) is 22.8 Å². The third-order valence-electron chi connectivity index (χ3n) is 3.86. The largest absolute Gasteiger partial charge is 0.320 e. The van der Waals surface area contributed by atoms with E-state index in [9.17, 15) is 0 Å². The average molecular weight is 294 g/mol.